The number of nitrogens with one attached hydrogen (secondary N) is 1. The smallest absolute Gasteiger partial charge is 0.221 e. The Labute approximate surface area is 144 Å². The van der Waals surface area contributed by atoms with Crippen LogP contribution in [-0.4, -0.2) is 17.7 Å². The molecule has 0 unspecified atom stereocenters. The minimum Gasteiger partial charge on any atom is -0.368 e. The number of hydrogen-bond donors (Lipinski definition) is 2. The molecule has 2 rings (SSSR count). The van der Waals surface area contributed by atoms with Crippen LogP contribution in [0.4, 0.5) is 10.1 Å². The predicted octanol–water partition coefficient (Wildman–Crippen LogP) is 4.05. The number of benzene rings is 1. The number of nitrogens with two attached hydrogens (primary N) is 1. The zero-order chi connectivity index (χ0) is 17.4. The van der Waals surface area contributed by atoms with Gasteiger partial charge in [0.2, 0.25) is 5.96 Å². The Morgan fingerprint density at radius 2 is 2.12 bits per heavy atom. The number of anilines is 1. The van der Waals surface area contributed by atoms with Gasteiger partial charge in [0, 0.05) is 27.9 Å². The zero-order valence-electron chi connectivity index (χ0n) is 13.2. The van der Waals surface area contributed by atoms with Gasteiger partial charge in [-0.2, -0.15) is 4.99 Å². The third-order valence-corrected chi connectivity index (χ3v) is 3.94. The van der Waals surface area contributed by atoms with Crippen LogP contribution >= 0.6 is 11.8 Å². The van der Waals surface area contributed by atoms with Crippen LogP contribution in [0.1, 0.15) is 13.3 Å². The Hall–Kier alpha value is -2.67. The van der Waals surface area contributed by atoms with Gasteiger partial charge in [-0.3, -0.25) is 4.98 Å². The summed E-state index contributed by atoms with van der Waals surface area (Å²) < 4.78 is 14.3. The monoisotopic (exact) mass is 343 g/mol. The lowest BCUT2D eigenvalue weighted by Crippen LogP contribution is -2.10. The van der Waals surface area contributed by atoms with Crippen LogP contribution in [0.15, 0.2) is 74.4 Å². The third-order valence-electron chi connectivity index (χ3n) is 2.88. The van der Waals surface area contributed by atoms with Crippen LogP contribution in [-0.2, 0) is 0 Å². The van der Waals surface area contributed by atoms with Gasteiger partial charge in [-0.15, -0.1) is 0 Å². The lowest BCUT2D eigenvalue weighted by molar-refractivity contribution is 0.602. The Morgan fingerprint density at radius 3 is 2.75 bits per heavy atom. The first-order chi connectivity index (χ1) is 11.6. The first kappa shape index (κ1) is 17.7. The molecule has 0 amide bonds. The van der Waals surface area contributed by atoms with Crippen LogP contribution < -0.4 is 11.1 Å². The van der Waals surface area contributed by atoms with Crippen molar-refractivity contribution in [3.8, 4) is 0 Å². The van der Waals surface area contributed by atoms with E-state index < -0.39 is 0 Å². The second-order valence-corrected chi connectivity index (χ2v) is 5.80. The van der Waals surface area contributed by atoms with Gasteiger partial charge in [0.05, 0.1) is 0 Å². The van der Waals surface area contributed by atoms with Crippen molar-refractivity contribution in [1.29, 1.82) is 0 Å². The number of hydrogen-bond acceptors (Lipinski definition) is 4. The van der Waals surface area contributed by atoms with Crippen molar-refractivity contribution in [3.63, 3.8) is 0 Å². The number of guanidine groups is 1. The Kier molecular flexibility index (Phi) is 6.51. The molecule has 2 aromatic rings. The molecule has 0 spiro atoms. The number of pyridine rings is 1. The van der Waals surface area contributed by atoms with E-state index in [1.165, 1.54) is 17.8 Å². The summed E-state index contributed by atoms with van der Waals surface area (Å²) in [6.07, 6.45) is 5.92. The van der Waals surface area contributed by atoms with Gasteiger partial charge in [0.1, 0.15) is 11.6 Å². The van der Waals surface area contributed by atoms with Crippen LogP contribution in [0.5, 0.6) is 0 Å². The third kappa shape index (κ3) is 5.20. The molecule has 0 radical (unpaired) electrons. The highest BCUT2D eigenvalue weighted by Gasteiger charge is 2.07. The summed E-state index contributed by atoms with van der Waals surface area (Å²) in [6.45, 7) is 5.28. The molecule has 0 aliphatic heterocycles. The van der Waals surface area contributed by atoms with Gasteiger partial charge in [-0.25, -0.2) is 9.38 Å². The van der Waals surface area contributed by atoms with E-state index in [1.807, 2.05) is 25.1 Å². The van der Waals surface area contributed by atoms with Crippen LogP contribution in [0.3, 0.4) is 0 Å². The molecular formula is C17H18FN5S. The van der Waals surface area contributed by atoms with E-state index in [-0.39, 0.29) is 11.8 Å². The fraction of sp³-hybridized carbons (Fsp3) is 0.118. The molecule has 0 saturated heterocycles. The van der Waals surface area contributed by atoms with E-state index in [0.717, 1.165) is 11.3 Å². The standard InChI is InChI=1S/C17H18FN5S/c1-3-4-16(23-17(19)20-2)22-12-5-6-15(14(18)11-12)24-13-7-9-21-10-8-13/h4-11,22H,2-3H2,1H3,(H2,19,23)/b16-4-. The lowest BCUT2D eigenvalue weighted by atomic mass is 10.3. The van der Waals surface area contributed by atoms with Gasteiger partial charge in [-0.05, 0) is 49.5 Å². The summed E-state index contributed by atoms with van der Waals surface area (Å²) in [5.41, 5.74) is 6.13. The molecule has 0 aliphatic carbocycles. The van der Waals surface area contributed by atoms with E-state index in [9.17, 15) is 4.39 Å². The Balaban J connectivity index is 2.16. The summed E-state index contributed by atoms with van der Waals surface area (Å²) in [4.78, 5) is 13.0. The first-order valence-electron chi connectivity index (χ1n) is 7.28. The number of aliphatic imine (C=N–C) groups is 2. The summed E-state index contributed by atoms with van der Waals surface area (Å²) in [7, 11) is 0. The summed E-state index contributed by atoms with van der Waals surface area (Å²) >= 11 is 1.34. The fourth-order valence-corrected chi connectivity index (χ4v) is 2.62. The molecule has 0 atom stereocenters. The van der Waals surface area contributed by atoms with Crippen LogP contribution in [0.25, 0.3) is 0 Å². The molecule has 24 heavy (non-hydrogen) atoms. The maximum absolute atomic E-state index is 14.3. The van der Waals surface area contributed by atoms with Crippen LogP contribution in [0, 0.1) is 5.82 Å². The van der Waals surface area contributed by atoms with Gasteiger partial charge in [-0.1, -0.05) is 18.7 Å². The average molecular weight is 343 g/mol. The van der Waals surface area contributed by atoms with Gasteiger partial charge in [0.25, 0.3) is 0 Å². The molecule has 0 saturated carbocycles. The quantitative estimate of drug-likeness (QED) is 0.613. The van der Waals surface area contributed by atoms with Gasteiger partial charge >= 0.3 is 0 Å². The Morgan fingerprint density at radius 1 is 1.38 bits per heavy atom. The van der Waals surface area contributed by atoms with E-state index in [1.54, 1.807) is 24.5 Å². The molecule has 124 valence electrons. The van der Waals surface area contributed by atoms with E-state index >= 15 is 0 Å². The second-order valence-electron chi connectivity index (χ2n) is 4.68. The molecule has 0 aliphatic rings. The highest BCUT2D eigenvalue weighted by molar-refractivity contribution is 7.99. The van der Waals surface area contributed by atoms with Crippen molar-refractivity contribution in [1.82, 2.24) is 4.98 Å². The van der Waals surface area contributed by atoms with Crippen molar-refractivity contribution in [3.05, 3.63) is 60.4 Å². The maximum Gasteiger partial charge on any atom is 0.221 e. The Bertz CT molecular complexity index is 759. The summed E-state index contributed by atoms with van der Waals surface area (Å²) in [5, 5.41) is 3.02. The summed E-state index contributed by atoms with van der Waals surface area (Å²) in [6, 6.07) is 8.57. The zero-order valence-corrected chi connectivity index (χ0v) is 14.1. The lowest BCUT2D eigenvalue weighted by Gasteiger charge is -2.09. The maximum atomic E-state index is 14.3. The SMILES string of the molecule is C=N/C(N)=N\C(=C/CC)Nc1ccc(Sc2ccncc2)c(F)c1. The molecule has 0 fully saturated rings. The van der Waals surface area contributed by atoms with Crippen molar-refractivity contribution >= 4 is 30.1 Å². The molecular weight excluding hydrogens is 325 g/mol. The predicted molar refractivity (Wildman–Crippen MR) is 97.9 cm³/mol. The summed E-state index contributed by atoms with van der Waals surface area (Å²) in [5.74, 6) is 0.223. The van der Waals surface area contributed by atoms with Crippen molar-refractivity contribution in [2.45, 2.75) is 23.1 Å². The average Bonchev–Trinajstić information content (AvgIpc) is 2.58. The first-order valence-corrected chi connectivity index (χ1v) is 8.09. The van der Waals surface area contributed by atoms with Crippen molar-refractivity contribution in [2.75, 3.05) is 5.32 Å². The van der Waals surface area contributed by atoms with Crippen molar-refractivity contribution < 1.29 is 4.39 Å². The molecule has 3 N–H and O–H groups in total. The number of aromatic nitrogens is 1. The molecule has 0 bridgehead atoms. The number of halogens is 1. The second kappa shape index (κ2) is 8.83. The van der Waals surface area contributed by atoms with Crippen LogP contribution in [0.2, 0.25) is 0 Å². The normalized spacial score (nSPS) is 12.1. The minimum absolute atomic E-state index is 0.0486. The molecule has 1 aromatic heterocycles. The minimum atomic E-state index is -0.323. The molecule has 1 aromatic carbocycles. The van der Waals surface area contributed by atoms with Gasteiger partial charge in [0.15, 0.2) is 0 Å². The highest BCUT2D eigenvalue weighted by atomic mass is 32.2. The van der Waals surface area contributed by atoms with E-state index in [2.05, 4.69) is 27.0 Å². The highest BCUT2D eigenvalue weighted by Crippen LogP contribution is 2.31. The topological polar surface area (TPSA) is 75.7 Å². The molecule has 7 heteroatoms. The molecule has 5 nitrogen and oxygen atoms in total. The number of allylic oxidation sites excluding steroid dienone is 1. The fourth-order valence-electron chi connectivity index (χ4n) is 1.82. The largest absolute Gasteiger partial charge is 0.368 e. The van der Waals surface area contributed by atoms with Crippen molar-refractivity contribution in [2.24, 2.45) is 15.7 Å². The van der Waals surface area contributed by atoms with Gasteiger partial charge < -0.3 is 11.1 Å². The molecule has 1 heterocycles. The number of nitrogens with zero attached hydrogens (tertiary/aromatic N) is 3. The van der Waals surface area contributed by atoms with E-state index in [0.29, 0.717) is 16.4 Å². The number of rotatable bonds is 6. The van der Waals surface area contributed by atoms with E-state index in [4.69, 9.17) is 5.73 Å².